The van der Waals surface area contributed by atoms with E-state index < -0.39 is 5.51 Å². The van der Waals surface area contributed by atoms with Gasteiger partial charge >= 0.3 is 5.51 Å². The highest BCUT2D eigenvalue weighted by Crippen LogP contribution is 2.29. The number of halogens is 3. The van der Waals surface area contributed by atoms with Crippen LogP contribution in [0.5, 0.6) is 0 Å². The van der Waals surface area contributed by atoms with Crippen LogP contribution in [-0.4, -0.2) is 35.4 Å². The fraction of sp³-hybridized carbons (Fsp3) is 1.00. The molecule has 0 aromatic carbocycles. The molecular weight excluding hydrogens is 231 g/mol. The van der Waals surface area contributed by atoms with E-state index >= 15 is 0 Å². The van der Waals surface area contributed by atoms with Crippen molar-refractivity contribution in [1.82, 2.24) is 5.32 Å². The zero-order valence-corrected chi connectivity index (χ0v) is 9.40. The lowest BCUT2D eigenvalue weighted by Crippen LogP contribution is -2.35. The summed E-state index contributed by atoms with van der Waals surface area (Å²) in [7, 11) is 0. The van der Waals surface area contributed by atoms with Gasteiger partial charge in [0.25, 0.3) is 0 Å². The largest absolute Gasteiger partial charge is 0.441 e. The van der Waals surface area contributed by atoms with E-state index in [0.29, 0.717) is 12.6 Å². The monoisotopic (exact) mass is 245 g/mol. The molecule has 1 aliphatic heterocycles. The third-order valence-corrected chi connectivity index (χ3v) is 3.91. The van der Waals surface area contributed by atoms with Crippen molar-refractivity contribution in [3.8, 4) is 0 Å². The lowest BCUT2D eigenvalue weighted by Gasteiger charge is -2.22. The summed E-state index contributed by atoms with van der Waals surface area (Å²) < 4.78 is 35.3. The van der Waals surface area contributed by atoms with Crippen LogP contribution in [0.2, 0.25) is 0 Å². The molecule has 1 atom stereocenters. The summed E-state index contributed by atoms with van der Waals surface area (Å²) in [6.07, 6.45) is 2.28. The van der Waals surface area contributed by atoms with Gasteiger partial charge in [-0.2, -0.15) is 24.9 Å². The van der Waals surface area contributed by atoms with Crippen LogP contribution >= 0.6 is 23.5 Å². The quantitative estimate of drug-likeness (QED) is 0.765. The smallest absolute Gasteiger partial charge is 0.312 e. The van der Waals surface area contributed by atoms with E-state index in [0.717, 1.165) is 12.2 Å². The molecule has 1 nitrogen and oxygen atoms in total. The standard InChI is InChI=1S/C8H14F3NS2/c9-8(10,11)14-5-3-12-7-2-1-4-13-6-7/h7,12H,1-6H2. The highest BCUT2D eigenvalue weighted by atomic mass is 32.2. The maximum absolute atomic E-state index is 11.8. The second-order valence-electron chi connectivity index (χ2n) is 3.16. The van der Waals surface area contributed by atoms with Crippen molar-refractivity contribution in [2.45, 2.75) is 24.4 Å². The number of nitrogens with one attached hydrogen (secondary N) is 1. The van der Waals surface area contributed by atoms with Crippen LogP contribution in [0.25, 0.3) is 0 Å². The Hall–Kier alpha value is 0.450. The van der Waals surface area contributed by atoms with Gasteiger partial charge in [-0.1, -0.05) is 0 Å². The molecule has 1 fully saturated rings. The fourth-order valence-corrected chi connectivity index (χ4v) is 2.89. The Morgan fingerprint density at radius 3 is 2.79 bits per heavy atom. The number of alkyl halides is 3. The van der Waals surface area contributed by atoms with Gasteiger partial charge in [0.05, 0.1) is 0 Å². The molecular formula is C8H14F3NS2. The van der Waals surface area contributed by atoms with E-state index in [4.69, 9.17) is 0 Å². The molecule has 0 aliphatic carbocycles. The maximum atomic E-state index is 11.8. The number of thioether (sulfide) groups is 2. The summed E-state index contributed by atoms with van der Waals surface area (Å²) in [6, 6.07) is 0.419. The molecule has 1 rings (SSSR count). The van der Waals surface area contributed by atoms with Gasteiger partial charge < -0.3 is 5.32 Å². The van der Waals surface area contributed by atoms with Crippen molar-refractivity contribution in [2.24, 2.45) is 0 Å². The summed E-state index contributed by atoms with van der Waals surface area (Å²) in [5.41, 5.74) is -4.08. The molecule has 84 valence electrons. The third kappa shape index (κ3) is 6.03. The molecule has 1 unspecified atom stereocenters. The third-order valence-electron chi connectivity index (χ3n) is 1.96. The van der Waals surface area contributed by atoms with Gasteiger partial charge in [0, 0.05) is 24.1 Å². The topological polar surface area (TPSA) is 12.0 Å². The van der Waals surface area contributed by atoms with Crippen molar-refractivity contribution < 1.29 is 13.2 Å². The minimum Gasteiger partial charge on any atom is -0.312 e. The van der Waals surface area contributed by atoms with E-state index in [2.05, 4.69) is 5.32 Å². The summed E-state index contributed by atoms with van der Waals surface area (Å²) in [6.45, 7) is 0.454. The normalized spacial score (nSPS) is 23.8. The van der Waals surface area contributed by atoms with Gasteiger partial charge in [-0.05, 0) is 30.4 Å². The predicted molar refractivity (Wildman–Crippen MR) is 56.9 cm³/mol. The molecule has 1 saturated heterocycles. The first-order valence-electron chi connectivity index (χ1n) is 4.60. The first-order chi connectivity index (χ1) is 6.58. The Morgan fingerprint density at radius 2 is 2.21 bits per heavy atom. The molecule has 0 aromatic heterocycles. The molecule has 1 N–H and O–H groups in total. The van der Waals surface area contributed by atoms with Crippen molar-refractivity contribution in [3.63, 3.8) is 0 Å². The zero-order valence-electron chi connectivity index (χ0n) is 7.77. The zero-order chi connectivity index (χ0) is 10.4. The van der Waals surface area contributed by atoms with E-state index in [1.165, 1.54) is 12.2 Å². The second-order valence-corrected chi connectivity index (χ2v) is 5.47. The SMILES string of the molecule is FC(F)(F)SCCNC1CCCSC1. The Labute approximate surface area is 90.6 Å². The van der Waals surface area contributed by atoms with Crippen molar-refractivity contribution in [1.29, 1.82) is 0 Å². The molecule has 0 spiro atoms. The summed E-state index contributed by atoms with van der Waals surface area (Å²) in [5.74, 6) is 2.34. The van der Waals surface area contributed by atoms with E-state index in [1.54, 1.807) is 0 Å². The van der Waals surface area contributed by atoms with Crippen LogP contribution in [0.1, 0.15) is 12.8 Å². The van der Waals surface area contributed by atoms with Crippen LogP contribution in [0.15, 0.2) is 0 Å². The molecule has 1 aliphatic rings. The molecule has 0 saturated carbocycles. The van der Waals surface area contributed by atoms with Crippen LogP contribution in [0.4, 0.5) is 13.2 Å². The van der Waals surface area contributed by atoms with Crippen LogP contribution in [0.3, 0.4) is 0 Å². The Balaban J connectivity index is 1.97. The lowest BCUT2D eigenvalue weighted by molar-refractivity contribution is -0.0327. The lowest BCUT2D eigenvalue weighted by atomic mass is 10.2. The molecule has 0 amide bonds. The Bertz CT molecular complexity index is 157. The molecule has 0 bridgehead atoms. The van der Waals surface area contributed by atoms with Crippen molar-refractivity contribution >= 4 is 23.5 Å². The first kappa shape index (κ1) is 12.5. The Morgan fingerprint density at radius 1 is 1.43 bits per heavy atom. The van der Waals surface area contributed by atoms with Gasteiger partial charge in [0.15, 0.2) is 0 Å². The van der Waals surface area contributed by atoms with Crippen LogP contribution < -0.4 is 5.32 Å². The van der Waals surface area contributed by atoms with E-state index in [-0.39, 0.29) is 17.5 Å². The molecule has 0 radical (unpaired) electrons. The molecule has 1 heterocycles. The minimum atomic E-state index is -4.08. The van der Waals surface area contributed by atoms with Gasteiger partial charge in [-0.15, -0.1) is 0 Å². The fourth-order valence-electron chi connectivity index (χ4n) is 1.33. The number of rotatable bonds is 4. The summed E-state index contributed by atoms with van der Waals surface area (Å²) >= 11 is 1.93. The molecule has 0 aromatic rings. The summed E-state index contributed by atoms with van der Waals surface area (Å²) in [5, 5.41) is 3.15. The van der Waals surface area contributed by atoms with Crippen molar-refractivity contribution in [2.75, 3.05) is 23.8 Å². The van der Waals surface area contributed by atoms with Gasteiger partial charge in [-0.25, -0.2) is 0 Å². The summed E-state index contributed by atoms with van der Waals surface area (Å²) in [4.78, 5) is 0. The van der Waals surface area contributed by atoms with E-state index in [9.17, 15) is 13.2 Å². The number of hydrogen-bond acceptors (Lipinski definition) is 3. The average Bonchev–Trinajstić information content (AvgIpc) is 2.13. The van der Waals surface area contributed by atoms with Crippen LogP contribution in [0, 0.1) is 0 Å². The van der Waals surface area contributed by atoms with Crippen LogP contribution in [-0.2, 0) is 0 Å². The molecule has 6 heteroatoms. The van der Waals surface area contributed by atoms with Gasteiger partial charge in [-0.3, -0.25) is 0 Å². The highest BCUT2D eigenvalue weighted by Gasteiger charge is 2.27. The average molecular weight is 245 g/mol. The number of hydrogen-bond donors (Lipinski definition) is 1. The van der Waals surface area contributed by atoms with Gasteiger partial charge in [0.2, 0.25) is 0 Å². The predicted octanol–water partition coefficient (Wildman–Crippen LogP) is 2.72. The van der Waals surface area contributed by atoms with Gasteiger partial charge in [0.1, 0.15) is 0 Å². The Kier molecular flexibility index (Phi) is 5.48. The maximum Gasteiger partial charge on any atom is 0.441 e. The minimum absolute atomic E-state index is 0.0528. The van der Waals surface area contributed by atoms with E-state index in [1.807, 2.05) is 11.8 Å². The second kappa shape index (κ2) is 6.12. The first-order valence-corrected chi connectivity index (χ1v) is 6.74. The molecule has 14 heavy (non-hydrogen) atoms. The van der Waals surface area contributed by atoms with Crippen molar-refractivity contribution in [3.05, 3.63) is 0 Å². The highest BCUT2D eigenvalue weighted by molar-refractivity contribution is 8.00.